The molecule has 0 saturated heterocycles. The summed E-state index contributed by atoms with van der Waals surface area (Å²) in [5.41, 5.74) is 5.41. The minimum Gasteiger partial charge on any atom is -0.337 e. The van der Waals surface area contributed by atoms with E-state index in [2.05, 4.69) is 10.1 Å². The second-order valence-corrected chi connectivity index (χ2v) is 6.49. The van der Waals surface area contributed by atoms with Gasteiger partial charge < -0.3 is 10.3 Å². The Morgan fingerprint density at radius 2 is 2.20 bits per heavy atom. The zero-order chi connectivity index (χ0) is 14.8. The van der Waals surface area contributed by atoms with E-state index in [9.17, 15) is 8.42 Å². The summed E-state index contributed by atoms with van der Waals surface area (Å²) in [4.78, 5) is 4.27. The summed E-state index contributed by atoms with van der Waals surface area (Å²) in [5, 5.41) is 3.98. The van der Waals surface area contributed by atoms with Gasteiger partial charge in [-0.1, -0.05) is 0 Å². The molecule has 0 radical (unpaired) electrons. The van der Waals surface area contributed by atoms with Crippen LogP contribution >= 0.6 is 0 Å². The number of hydrogen-bond donors (Lipinski definition) is 1. The lowest BCUT2D eigenvalue weighted by Gasteiger charge is -2.15. The number of aromatic nitrogens is 4. The van der Waals surface area contributed by atoms with E-state index in [0.29, 0.717) is 18.9 Å². The Morgan fingerprint density at radius 1 is 1.45 bits per heavy atom. The smallest absolute Gasteiger partial charge is 0.246 e. The molecule has 20 heavy (non-hydrogen) atoms. The minimum absolute atomic E-state index is 0.155. The van der Waals surface area contributed by atoms with Crippen molar-refractivity contribution in [2.75, 3.05) is 13.6 Å². The van der Waals surface area contributed by atoms with Crippen molar-refractivity contribution in [2.24, 2.45) is 12.8 Å². The lowest BCUT2D eigenvalue weighted by atomic mass is 10.6. The summed E-state index contributed by atoms with van der Waals surface area (Å²) in [6.07, 6.45) is 6.22. The van der Waals surface area contributed by atoms with Gasteiger partial charge in [0.05, 0.1) is 19.3 Å². The molecule has 0 aliphatic heterocycles. The summed E-state index contributed by atoms with van der Waals surface area (Å²) in [5.74, 6) is 0.672. The molecule has 2 N–H and O–H groups in total. The van der Waals surface area contributed by atoms with Gasteiger partial charge in [-0.05, 0) is 0 Å². The summed E-state index contributed by atoms with van der Waals surface area (Å²) in [6.45, 7) is 1.09. The number of nitrogens with zero attached hydrogens (tertiary/aromatic N) is 5. The highest BCUT2D eigenvalue weighted by Gasteiger charge is 2.23. The van der Waals surface area contributed by atoms with Gasteiger partial charge in [0.25, 0.3) is 0 Å². The van der Waals surface area contributed by atoms with Gasteiger partial charge in [0.1, 0.15) is 10.7 Å². The van der Waals surface area contributed by atoms with Gasteiger partial charge >= 0.3 is 0 Å². The molecule has 0 fully saturated rings. The third kappa shape index (κ3) is 2.89. The van der Waals surface area contributed by atoms with Gasteiger partial charge in [0.2, 0.25) is 10.0 Å². The molecule has 0 atom stereocenters. The van der Waals surface area contributed by atoms with Crippen LogP contribution < -0.4 is 5.73 Å². The fourth-order valence-corrected chi connectivity index (χ4v) is 2.83. The molecule has 2 aromatic heterocycles. The first kappa shape index (κ1) is 14.7. The van der Waals surface area contributed by atoms with Crippen LogP contribution in [0, 0.1) is 0 Å². The van der Waals surface area contributed by atoms with Gasteiger partial charge in [0, 0.05) is 39.2 Å². The SMILES string of the molecule is CN(Cc1nccn1C)S(=O)(=O)c1cnn(CCN)c1. The Bertz CT molecular complexity index is 675. The molecule has 0 aromatic carbocycles. The molecule has 0 amide bonds. The topological polar surface area (TPSA) is 99.0 Å². The zero-order valence-corrected chi connectivity index (χ0v) is 12.3. The number of aryl methyl sites for hydroxylation is 1. The monoisotopic (exact) mass is 298 g/mol. The van der Waals surface area contributed by atoms with Crippen LogP contribution in [0.1, 0.15) is 5.82 Å². The Hall–Kier alpha value is -1.71. The number of sulfonamides is 1. The highest BCUT2D eigenvalue weighted by Crippen LogP contribution is 2.15. The standard InChI is InChI=1S/C11H18N6O2S/c1-15-6-4-13-11(15)9-16(2)20(18,19)10-7-14-17(8-10)5-3-12/h4,6-8H,3,5,9,12H2,1-2H3. The Morgan fingerprint density at radius 3 is 2.80 bits per heavy atom. The fourth-order valence-electron chi connectivity index (χ4n) is 1.75. The van der Waals surface area contributed by atoms with Crippen molar-refractivity contribution in [1.82, 2.24) is 23.6 Å². The maximum atomic E-state index is 12.4. The first-order chi connectivity index (χ1) is 9.45. The second kappa shape index (κ2) is 5.73. The number of rotatable bonds is 6. The van der Waals surface area contributed by atoms with E-state index < -0.39 is 10.0 Å². The van der Waals surface area contributed by atoms with E-state index in [0.717, 1.165) is 0 Å². The second-order valence-electron chi connectivity index (χ2n) is 4.44. The van der Waals surface area contributed by atoms with Crippen LogP contribution in [0.15, 0.2) is 29.7 Å². The van der Waals surface area contributed by atoms with Crippen molar-refractivity contribution < 1.29 is 8.42 Å². The van der Waals surface area contributed by atoms with Crippen LogP contribution in [0.2, 0.25) is 0 Å². The molecule has 0 spiro atoms. The third-order valence-corrected chi connectivity index (χ3v) is 4.72. The quantitative estimate of drug-likeness (QED) is 0.767. The highest BCUT2D eigenvalue weighted by molar-refractivity contribution is 7.89. The van der Waals surface area contributed by atoms with Crippen molar-refractivity contribution >= 4 is 10.0 Å². The van der Waals surface area contributed by atoms with Gasteiger partial charge in [-0.15, -0.1) is 0 Å². The van der Waals surface area contributed by atoms with E-state index in [-0.39, 0.29) is 11.4 Å². The van der Waals surface area contributed by atoms with Crippen molar-refractivity contribution in [1.29, 1.82) is 0 Å². The van der Waals surface area contributed by atoms with Crippen LogP contribution in [0.4, 0.5) is 0 Å². The van der Waals surface area contributed by atoms with Crippen molar-refractivity contribution in [3.63, 3.8) is 0 Å². The predicted molar refractivity (Wildman–Crippen MR) is 73.1 cm³/mol. The van der Waals surface area contributed by atoms with E-state index >= 15 is 0 Å². The molecule has 2 heterocycles. The Kier molecular flexibility index (Phi) is 4.21. The summed E-state index contributed by atoms with van der Waals surface area (Å²) < 4.78 is 29.3. The highest BCUT2D eigenvalue weighted by atomic mass is 32.2. The van der Waals surface area contributed by atoms with Crippen LogP contribution in [-0.2, 0) is 30.2 Å². The first-order valence-electron chi connectivity index (χ1n) is 6.10. The Labute approximate surface area is 117 Å². The van der Waals surface area contributed by atoms with E-state index in [1.54, 1.807) is 17.0 Å². The summed E-state index contributed by atoms with van der Waals surface area (Å²) >= 11 is 0. The molecule has 2 aromatic rings. The third-order valence-electron chi connectivity index (χ3n) is 2.96. The number of nitrogens with two attached hydrogens (primary N) is 1. The molecule has 0 saturated carbocycles. The average Bonchev–Trinajstić information content (AvgIpc) is 3.00. The van der Waals surface area contributed by atoms with Gasteiger partial charge in [-0.3, -0.25) is 4.68 Å². The van der Waals surface area contributed by atoms with E-state index in [4.69, 9.17) is 5.73 Å². The Balaban J connectivity index is 2.18. The van der Waals surface area contributed by atoms with Gasteiger partial charge in [-0.25, -0.2) is 13.4 Å². The number of imidazole rings is 1. The van der Waals surface area contributed by atoms with Crippen molar-refractivity contribution in [3.05, 3.63) is 30.6 Å². The molecule has 0 unspecified atom stereocenters. The largest absolute Gasteiger partial charge is 0.337 e. The van der Waals surface area contributed by atoms with Gasteiger partial charge in [-0.2, -0.15) is 9.40 Å². The molecule has 110 valence electrons. The van der Waals surface area contributed by atoms with Crippen LogP contribution in [0.3, 0.4) is 0 Å². The first-order valence-corrected chi connectivity index (χ1v) is 7.54. The molecule has 8 nitrogen and oxygen atoms in total. The van der Waals surface area contributed by atoms with Crippen LogP contribution in [0.25, 0.3) is 0 Å². The molecule has 2 rings (SSSR count). The molecule has 9 heteroatoms. The normalized spacial score (nSPS) is 12.2. The molecule has 0 bridgehead atoms. The van der Waals surface area contributed by atoms with E-state index in [1.165, 1.54) is 28.4 Å². The van der Waals surface area contributed by atoms with E-state index in [1.807, 2.05) is 7.05 Å². The van der Waals surface area contributed by atoms with Crippen LogP contribution in [-0.4, -0.2) is 45.6 Å². The molecular formula is C11H18N6O2S. The van der Waals surface area contributed by atoms with Crippen molar-refractivity contribution in [3.8, 4) is 0 Å². The summed E-state index contributed by atoms with van der Waals surface area (Å²) in [7, 11) is -0.234. The lowest BCUT2D eigenvalue weighted by molar-refractivity contribution is 0.451. The van der Waals surface area contributed by atoms with Crippen LogP contribution in [0.5, 0.6) is 0 Å². The summed E-state index contributed by atoms with van der Waals surface area (Å²) in [6, 6.07) is 0. The van der Waals surface area contributed by atoms with Crippen molar-refractivity contribution in [2.45, 2.75) is 18.0 Å². The predicted octanol–water partition coefficient (Wildman–Crippen LogP) is -0.604. The minimum atomic E-state index is -3.57. The van der Waals surface area contributed by atoms with Gasteiger partial charge in [0.15, 0.2) is 0 Å². The zero-order valence-electron chi connectivity index (χ0n) is 11.5. The molecular weight excluding hydrogens is 280 g/mol. The molecule has 0 aliphatic carbocycles. The average molecular weight is 298 g/mol. The maximum absolute atomic E-state index is 12.4. The maximum Gasteiger partial charge on any atom is 0.246 e. The fraction of sp³-hybridized carbons (Fsp3) is 0.455. The molecule has 0 aliphatic rings. The lowest BCUT2D eigenvalue weighted by Crippen LogP contribution is -2.27. The number of hydrogen-bond acceptors (Lipinski definition) is 5.